The van der Waals surface area contributed by atoms with Gasteiger partial charge in [-0.05, 0) is 32.0 Å². The Bertz CT molecular complexity index is 592. The first kappa shape index (κ1) is 16.5. The van der Waals surface area contributed by atoms with Crippen molar-refractivity contribution >= 4 is 27.3 Å². The summed E-state index contributed by atoms with van der Waals surface area (Å²) in [6.45, 7) is 4.63. The summed E-state index contributed by atoms with van der Waals surface area (Å²) in [5.41, 5.74) is 1.01. The van der Waals surface area contributed by atoms with Crippen LogP contribution in [-0.2, 0) is 6.42 Å². The fourth-order valence-electron chi connectivity index (χ4n) is 2.15. The summed E-state index contributed by atoms with van der Waals surface area (Å²) in [4.78, 5) is 4.39. The SMILES string of the molecule is CCCNC(Cc1nc(C)cs1)c1c(F)cc(Br)cc1F. The molecular weight excluding hydrogens is 358 g/mol. The molecule has 1 unspecified atom stereocenters. The van der Waals surface area contributed by atoms with E-state index >= 15 is 0 Å². The molecule has 0 radical (unpaired) electrons. The number of hydrogen-bond donors (Lipinski definition) is 1. The number of nitrogens with zero attached hydrogens (tertiary/aromatic N) is 1. The highest BCUT2D eigenvalue weighted by Crippen LogP contribution is 2.28. The first-order valence-electron chi connectivity index (χ1n) is 6.80. The van der Waals surface area contributed by atoms with Crippen LogP contribution in [0.2, 0.25) is 0 Å². The van der Waals surface area contributed by atoms with Gasteiger partial charge in [0.2, 0.25) is 0 Å². The number of thiazole rings is 1. The number of benzene rings is 1. The summed E-state index contributed by atoms with van der Waals surface area (Å²) in [5, 5.41) is 6.04. The fourth-order valence-corrected chi connectivity index (χ4v) is 3.37. The van der Waals surface area contributed by atoms with Crippen LogP contribution < -0.4 is 5.32 Å². The predicted molar refractivity (Wildman–Crippen MR) is 85.6 cm³/mol. The third kappa shape index (κ3) is 4.31. The molecule has 0 fully saturated rings. The van der Waals surface area contributed by atoms with Gasteiger partial charge in [0.05, 0.1) is 5.01 Å². The topological polar surface area (TPSA) is 24.9 Å². The van der Waals surface area contributed by atoms with E-state index in [0.29, 0.717) is 17.4 Å². The lowest BCUT2D eigenvalue weighted by molar-refractivity contribution is 0.463. The Morgan fingerprint density at radius 3 is 2.52 bits per heavy atom. The van der Waals surface area contributed by atoms with E-state index in [0.717, 1.165) is 17.1 Å². The summed E-state index contributed by atoms with van der Waals surface area (Å²) < 4.78 is 28.7. The number of rotatable bonds is 6. The third-order valence-corrected chi connectivity index (χ3v) is 4.53. The molecule has 0 bridgehead atoms. The summed E-state index contributed by atoms with van der Waals surface area (Å²) in [5.74, 6) is -1.08. The standard InChI is InChI=1S/C15H17BrF2N2S/c1-3-4-19-13(7-14-20-9(2)8-21-14)15-11(17)5-10(16)6-12(15)18/h5-6,8,13,19H,3-4,7H2,1-2H3. The zero-order valence-electron chi connectivity index (χ0n) is 11.9. The molecule has 0 amide bonds. The van der Waals surface area contributed by atoms with Crippen LogP contribution in [0.3, 0.4) is 0 Å². The highest BCUT2D eigenvalue weighted by molar-refractivity contribution is 9.10. The second-order valence-corrected chi connectivity index (χ2v) is 6.73. The maximum absolute atomic E-state index is 14.2. The normalized spacial score (nSPS) is 12.6. The van der Waals surface area contributed by atoms with Crippen LogP contribution in [-0.4, -0.2) is 11.5 Å². The van der Waals surface area contributed by atoms with E-state index in [9.17, 15) is 8.78 Å². The van der Waals surface area contributed by atoms with E-state index in [1.54, 1.807) is 0 Å². The van der Waals surface area contributed by atoms with Gasteiger partial charge in [-0.1, -0.05) is 22.9 Å². The molecule has 0 aliphatic carbocycles. The Balaban J connectivity index is 2.31. The van der Waals surface area contributed by atoms with E-state index < -0.39 is 17.7 Å². The smallest absolute Gasteiger partial charge is 0.132 e. The van der Waals surface area contributed by atoms with Crippen molar-refractivity contribution in [2.75, 3.05) is 6.54 Å². The van der Waals surface area contributed by atoms with Gasteiger partial charge in [-0.2, -0.15) is 0 Å². The van der Waals surface area contributed by atoms with Crippen LogP contribution in [0.1, 0.15) is 35.7 Å². The van der Waals surface area contributed by atoms with Gasteiger partial charge in [-0.3, -0.25) is 0 Å². The molecular formula is C15H17BrF2N2S. The molecule has 2 aromatic rings. The molecule has 114 valence electrons. The van der Waals surface area contributed by atoms with Crippen LogP contribution in [0.5, 0.6) is 0 Å². The Labute approximate surface area is 135 Å². The highest BCUT2D eigenvalue weighted by Gasteiger charge is 2.22. The lowest BCUT2D eigenvalue weighted by Gasteiger charge is -2.19. The number of hydrogen-bond acceptors (Lipinski definition) is 3. The van der Waals surface area contributed by atoms with Crippen molar-refractivity contribution in [2.24, 2.45) is 0 Å². The van der Waals surface area contributed by atoms with Gasteiger partial charge in [-0.25, -0.2) is 13.8 Å². The number of aryl methyl sites for hydroxylation is 1. The third-order valence-electron chi connectivity index (χ3n) is 3.08. The zero-order valence-corrected chi connectivity index (χ0v) is 14.3. The molecule has 1 atom stereocenters. The van der Waals surface area contributed by atoms with Crippen molar-refractivity contribution < 1.29 is 8.78 Å². The fraction of sp³-hybridized carbons (Fsp3) is 0.400. The molecule has 1 heterocycles. The van der Waals surface area contributed by atoms with E-state index in [-0.39, 0.29) is 5.56 Å². The number of halogens is 3. The highest BCUT2D eigenvalue weighted by atomic mass is 79.9. The quantitative estimate of drug-likeness (QED) is 0.786. The second kappa shape index (κ2) is 7.42. The second-order valence-electron chi connectivity index (χ2n) is 4.88. The summed E-state index contributed by atoms with van der Waals surface area (Å²) in [6.07, 6.45) is 1.38. The van der Waals surface area contributed by atoms with Gasteiger partial charge in [0.15, 0.2) is 0 Å². The molecule has 21 heavy (non-hydrogen) atoms. The van der Waals surface area contributed by atoms with Gasteiger partial charge in [0.1, 0.15) is 11.6 Å². The van der Waals surface area contributed by atoms with E-state index in [2.05, 4.69) is 26.2 Å². The average molecular weight is 375 g/mol. The van der Waals surface area contributed by atoms with Crippen molar-refractivity contribution in [3.8, 4) is 0 Å². The Hall–Kier alpha value is -0.850. The lowest BCUT2D eigenvalue weighted by atomic mass is 10.0. The molecule has 2 rings (SSSR count). The van der Waals surface area contributed by atoms with Gasteiger partial charge in [0.25, 0.3) is 0 Å². The van der Waals surface area contributed by atoms with E-state index in [1.807, 2.05) is 19.2 Å². The molecule has 1 aromatic carbocycles. The molecule has 0 aliphatic rings. The van der Waals surface area contributed by atoms with Crippen LogP contribution in [0.15, 0.2) is 22.0 Å². The Kier molecular flexibility index (Phi) is 5.84. The summed E-state index contributed by atoms with van der Waals surface area (Å²) in [6, 6.07) is 2.18. The van der Waals surface area contributed by atoms with Gasteiger partial charge >= 0.3 is 0 Å². The number of nitrogens with one attached hydrogen (secondary N) is 1. The maximum Gasteiger partial charge on any atom is 0.132 e. The monoisotopic (exact) mass is 374 g/mol. The van der Waals surface area contributed by atoms with Crippen LogP contribution in [0.4, 0.5) is 8.78 Å². The lowest BCUT2D eigenvalue weighted by Crippen LogP contribution is -2.26. The van der Waals surface area contributed by atoms with Crippen LogP contribution in [0, 0.1) is 18.6 Å². The van der Waals surface area contributed by atoms with E-state index in [4.69, 9.17) is 0 Å². The van der Waals surface area contributed by atoms with Gasteiger partial charge in [-0.15, -0.1) is 11.3 Å². The minimum absolute atomic E-state index is 0.0829. The molecule has 6 heteroatoms. The maximum atomic E-state index is 14.2. The predicted octanol–water partition coefficient (Wildman–Crippen LogP) is 4.78. The molecule has 0 aliphatic heterocycles. The molecule has 0 spiro atoms. The van der Waals surface area contributed by atoms with Crippen LogP contribution >= 0.6 is 27.3 Å². The average Bonchev–Trinajstić information content (AvgIpc) is 2.80. The molecule has 1 N–H and O–H groups in total. The van der Waals surface area contributed by atoms with Crippen molar-refractivity contribution in [3.05, 3.63) is 49.9 Å². The van der Waals surface area contributed by atoms with Crippen LogP contribution in [0.25, 0.3) is 0 Å². The van der Waals surface area contributed by atoms with Gasteiger partial charge < -0.3 is 5.32 Å². The zero-order chi connectivity index (χ0) is 15.4. The minimum Gasteiger partial charge on any atom is -0.309 e. The summed E-state index contributed by atoms with van der Waals surface area (Å²) in [7, 11) is 0. The largest absolute Gasteiger partial charge is 0.309 e. The first-order valence-corrected chi connectivity index (χ1v) is 8.47. The van der Waals surface area contributed by atoms with Crippen molar-refractivity contribution in [1.82, 2.24) is 10.3 Å². The van der Waals surface area contributed by atoms with Crippen molar-refractivity contribution in [2.45, 2.75) is 32.7 Å². The van der Waals surface area contributed by atoms with Crippen molar-refractivity contribution in [3.63, 3.8) is 0 Å². The molecule has 1 aromatic heterocycles. The number of aromatic nitrogens is 1. The van der Waals surface area contributed by atoms with E-state index in [1.165, 1.54) is 23.5 Å². The first-order chi connectivity index (χ1) is 10.0. The molecule has 0 saturated carbocycles. The summed E-state index contributed by atoms with van der Waals surface area (Å²) >= 11 is 4.62. The molecule has 2 nitrogen and oxygen atoms in total. The molecule has 0 saturated heterocycles. The van der Waals surface area contributed by atoms with Gasteiger partial charge in [0, 0.05) is 33.6 Å². The minimum atomic E-state index is -0.538. The Morgan fingerprint density at radius 2 is 2.00 bits per heavy atom. The Morgan fingerprint density at radius 1 is 1.33 bits per heavy atom. The van der Waals surface area contributed by atoms with Crippen molar-refractivity contribution in [1.29, 1.82) is 0 Å².